The molecule has 2 rings (SSSR count). The molecular formula is C15H24N4O2. The molecule has 6 heteroatoms. The van der Waals surface area contributed by atoms with E-state index in [4.69, 9.17) is 4.74 Å². The number of anilines is 1. The summed E-state index contributed by atoms with van der Waals surface area (Å²) in [6, 6.07) is 1.44. The van der Waals surface area contributed by atoms with E-state index in [1.54, 1.807) is 6.07 Å². The molecule has 0 saturated carbocycles. The van der Waals surface area contributed by atoms with E-state index in [0.717, 1.165) is 32.4 Å². The zero-order valence-corrected chi connectivity index (χ0v) is 12.8. The Morgan fingerprint density at radius 1 is 1.38 bits per heavy atom. The van der Waals surface area contributed by atoms with Crippen LogP contribution in [-0.2, 0) is 4.79 Å². The first kappa shape index (κ1) is 15.5. The number of hydrogen-bond acceptors (Lipinski definition) is 5. The number of piperidine rings is 1. The van der Waals surface area contributed by atoms with Crippen molar-refractivity contribution >= 4 is 11.7 Å². The highest BCUT2D eigenvalue weighted by molar-refractivity contribution is 5.84. The van der Waals surface area contributed by atoms with E-state index in [2.05, 4.69) is 15.3 Å². The van der Waals surface area contributed by atoms with Crippen molar-refractivity contribution in [2.24, 2.45) is 0 Å². The maximum absolute atomic E-state index is 12.3. The van der Waals surface area contributed by atoms with E-state index in [1.165, 1.54) is 12.7 Å². The molecule has 0 spiro atoms. The number of aromatic nitrogens is 2. The molecule has 6 nitrogen and oxygen atoms in total. The molecule has 1 atom stereocenters. The molecule has 1 aromatic rings. The van der Waals surface area contributed by atoms with Gasteiger partial charge in [-0.15, -0.1) is 0 Å². The van der Waals surface area contributed by atoms with Crippen LogP contribution in [0.25, 0.3) is 0 Å². The number of carbonyl (C=O) groups is 1. The van der Waals surface area contributed by atoms with Crippen LogP contribution in [0.15, 0.2) is 12.4 Å². The van der Waals surface area contributed by atoms with Crippen molar-refractivity contribution in [3.8, 4) is 5.88 Å². The summed E-state index contributed by atoms with van der Waals surface area (Å²) in [7, 11) is 0. The summed E-state index contributed by atoms with van der Waals surface area (Å²) in [5.74, 6) is 1.28. The molecule has 1 saturated heterocycles. The van der Waals surface area contributed by atoms with Gasteiger partial charge in [0.15, 0.2) is 0 Å². The van der Waals surface area contributed by atoms with Crippen LogP contribution in [-0.4, -0.2) is 46.5 Å². The van der Waals surface area contributed by atoms with Crippen LogP contribution in [0, 0.1) is 0 Å². The van der Waals surface area contributed by atoms with E-state index in [0.29, 0.717) is 18.3 Å². The highest BCUT2D eigenvalue weighted by atomic mass is 16.5. The monoisotopic (exact) mass is 292 g/mol. The minimum absolute atomic E-state index is 0.129. The third-order valence-corrected chi connectivity index (χ3v) is 3.50. The lowest BCUT2D eigenvalue weighted by atomic mass is 10.1. The average molecular weight is 292 g/mol. The van der Waals surface area contributed by atoms with Crippen molar-refractivity contribution in [2.75, 3.05) is 25.0 Å². The molecule has 1 unspecified atom stereocenters. The van der Waals surface area contributed by atoms with Crippen molar-refractivity contribution in [1.82, 2.24) is 14.9 Å². The van der Waals surface area contributed by atoms with Crippen LogP contribution in [0.4, 0.5) is 5.82 Å². The summed E-state index contributed by atoms with van der Waals surface area (Å²) in [6.45, 7) is 6.25. The second-order valence-electron chi connectivity index (χ2n) is 5.34. The van der Waals surface area contributed by atoms with Crippen molar-refractivity contribution in [3.05, 3.63) is 12.4 Å². The first-order valence-corrected chi connectivity index (χ1v) is 7.71. The Morgan fingerprint density at radius 2 is 2.14 bits per heavy atom. The first-order chi connectivity index (χ1) is 10.2. The van der Waals surface area contributed by atoms with E-state index >= 15 is 0 Å². The fourth-order valence-corrected chi connectivity index (χ4v) is 2.38. The van der Waals surface area contributed by atoms with E-state index in [-0.39, 0.29) is 11.9 Å². The van der Waals surface area contributed by atoms with E-state index in [9.17, 15) is 4.79 Å². The summed E-state index contributed by atoms with van der Waals surface area (Å²) in [5, 5.41) is 3.13. The number of ether oxygens (including phenoxy) is 1. The Bertz CT molecular complexity index is 461. The maximum atomic E-state index is 12.3. The minimum atomic E-state index is -0.294. The molecule has 1 aliphatic rings. The second kappa shape index (κ2) is 7.81. The van der Waals surface area contributed by atoms with E-state index < -0.39 is 0 Å². The standard InChI is InChI=1S/C15H24N4O2/c1-3-9-21-14-10-13(16-11-17-14)18-12(2)15(20)19-7-5-4-6-8-19/h10-12H,3-9H2,1-2H3,(H,16,17,18). The SMILES string of the molecule is CCCOc1cc(NC(C)C(=O)N2CCCCC2)ncn1. The summed E-state index contributed by atoms with van der Waals surface area (Å²) in [4.78, 5) is 22.5. The van der Waals surface area contributed by atoms with Crippen LogP contribution in [0.5, 0.6) is 5.88 Å². The van der Waals surface area contributed by atoms with Gasteiger partial charge in [0.1, 0.15) is 18.2 Å². The van der Waals surface area contributed by atoms with Gasteiger partial charge < -0.3 is 15.0 Å². The van der Waals surface area contributed by atoms with Gasteiger partial charge in [-0.1, -0.05) is 6.92 Å². The molecule has 0 aromatic carbocycles. The zero-order valence-electron chi connectivity index (χ0n) is 12.8. The predicted octanol–water partition coefficient (Wildman–Crippen LogP) is 2.08. The Labute approximate surface area is 125 Å². The summed E-state index contributed by atoms with van der Waals surface area (Å²) in [6.07, 6.45) is 5.79. The Balaban J connectivity index is 1.91. The fraction of sp³-hybridized carbons (Fsp3) is 0.667. The fourth-order valence-electron chi connectivity index (χ4n) is 2.38. The topological polar surface area (TPSA) is 67.3 Å². The molecule has 0 aliphatic carbocycles. The zero-order chi connectivity index (χ0) is 15.1. The van der Waals surface area contributed by atoms with Crippen molar-refractivity contribution in [3.63, 3.8) is 0 Å². The smallest absolute Gasteiger partial charge is 0.244 e. The molecule has 0 radical (unpaired) electrons. The Kier molecular flexibility index (Phi) is 5.78. The minimum Gasteiger partial charge on any atom is -0.478 e. The van der Waals surface area contributed by atoms with Gasteiger partial charge in [0, 0.05) is 19.2 Å². The van der Waals surface area contributed by atoms with Crippen LogP contribution >= 0.6 is 0 Å². The molecular weight excluding hydrogens is 268 g/mol. The number of nitrogens with zero attached hydrogens (tertiary/aromatic N) is 3. The highest BCUT2D eigenvalue weighted by Crippen LogP contribution is 2.14. The summed E-state index contributed by atoms with van der Waals surface area (Å²) >= 11 is 0. The molecule has 21 heavy (non-hydrogen) atoms. The lowest BCUT2D eigenvalue weighted by molar-refractivity contribution is -0.132. The summed E-state index contributed by atoms with van der Waals surface area (Å²) < 4.78 is 5.47. The lowest BCUT2D eigenvalue weighted by Gasteiger charge is -2.29. The van der Waals surface area contributed by atoms with Gasteiger partial charge in [-0.25, -0.2) is 9.97 Å². The van der Waals surface area contributed by atoms with Crippen LogP contribution in [0.3, 0.4) is 0 Å². The lowest BCUT2D eigenvalue weighted by Crippen LogP contribution is -2.44. The Morgan fingerprint density at radius 3 is 2.86 bits per heavy atom. The average Bonchev–Trinajstić information content (AvgIpc) is 2.53. The van der Waals surface area contributed by atoms with Gasteiger partial charge in [0.2, 0.25) is 11.8 Å². The molecule has 1 aromatic heterocycles. The largest absolute Gasteiger partial charge is 0.478 e. The Hall–Kier alpha value is -1.85. The summed E-state index contributed by atoms with van der Waals surface area (Å²) in [5.41, 5.74) is 0. The quantitative estimate of drug-likeness (QED) is 0.869. The van der Waals surface area contributed by atoms with Gasteiger partial charge in [0.05, 0.1) is 6.61 Å². The van der Waals surface area contributed by atoms with Crippen molar-refractivity contribution < 1.29 is 9.53 Å². The van der Waals surface area contributed by atoms with Gasteiger partial charge in [-0.05, 0) is 32.6 Å². The predicted molar refractivity (Wildman–Crippen MR) is 81.3 cm³/mol. The number of likely N-dealkylation sites (tertiary alicyclic amines) is 1. The van der Waals surface area contributed by atoms with Crippen molar-refractivity contribution in [1.29, 1.82) is 0 Å². The third kappa shape index (κ3) is 4.58. The van der Waals surface area contributed by atoms with Crippen molar-refractivity contribution in [2.45, 2.75) is 45.6 Å². The molecule has 2 heterocycles. The van der Waals surface area contributed by atoms with Crippen LogP contribution in [0.1, 0.15) is 39.5 Å². The number of rotatable bonds is 6. The molecule has 1 aliphatic heterocycles. The van der Waals surface area contributed by atoms with Gasteiger partial charge in [0.25, 0.3) is 0 Å². The van der Waals surface area contributed by atoms with Gasteiger partial charge >= 0.3 is 0 Å². The molecule has 1 N–H and O–H groups in total. The van der Waals surface area contributed by atoms with Crippen LogP contribution in [0.2, 0.25) is 0 Å². The number of carbonyl (C=O) groups excluding carboxylic acids is 1. The van der Waals surface area contributed by atoms with Gasteiger partial charge in [-0.2, -0.15) is 0 Å². The normalized spacial score (nSPS) is 16.4. The number of amides is 1. The highest BCUT2D eigenvalue weighted by Gasteiger charge is 2.22. The number of nitrogens with one attached hydrogen (secondary N) is 1. The second-order valence-corrected chi connectivity index (χ2v) is 5.34. The molecule has 1 fully saturated rings. The van der Waals surface area contributed by atoms with Gasteiger partial charge in [-0.3, -0.25) is 4.79 Å². The third-order valence-electron chi connectivity index (χ3n) is 3.50. The maximum Gasteiger partial charge on any atom is 0.244 e. The first-order valence-electron chi connectivity index (χ1n) is 7.71. The number of hydrogen-bond donors (Lipinski definition) is 1. The van der Waals surface area contributed by atoms with Crippen LogP contribution < -0.4 is 10.1 Å². The molecule has 0 bridgehead atoms. The molecule has 116 valence electrons. The molecule has 1 amide bonds. The van der Waals surface area contributed by atoms with E-state index in [1.807, 2.05) is 18.7 Å².